The van der Waals surface area contributed by atoms with Crippen molar-refractivity contribution in [3.05, 3.63) is 101 Å². The summed E-state index contributed by atoms with van der Waals surface area (Å²) >= 11 is 0. The molecule has 0 radical (unpaired) electrons. The van der Waals surface area contributed by atoms with Gasteiger partial charge >= 0.3 is 12.4 Å². The Morgan fingerprint density at radius 2 is 1.59 bits per heavy atom. The Morgan fingerprint density at radius 3 is 2.23 bits per heavy atom. The molecule has 0 saturated heterocycles. The van der Waals surface area contributed by atoms with Gasteiger partial charge in [-0.2, -0.15) is 26.3 Å². The summed E-state index contributed by atoms with van der Waals surface area (Å²) in [4.78, 5) is 32.5. The maximum Gasteiger partial charge on any atom is 0.416 e. The molecule has 3 aromatic carbocycles. The van der Waals surface area contributed by atoms with Crippen LogP contribution in [0, 0.1) is 0 Å². The van der Waals surface area contributed by atoms with Gasteiger partial charge in [0, 0.05) is 17.7 Å². The fourth-order valence-electron chi connectivity index (χ4n) is 4.35. The summed E-state index contributed by atoms with van der Waals surface area (Å²) in [5.74, 6) is -1.59. The van der Waals surface area contributed by atoms with Crippen molar-refractivity contribution >= 4 is 23.2 Å². The molecular weight excluding hydrogens is 524 g/mol. The van der Waals surface area contributed by atoms with Crippen molar-refractivity contribution < 1.29 is 35.9 Å². The molecule has 11 heteroatoms. The van der Waals surface area contributed by atoms with E-state index in [0.29, 0.717) is 41.1 Å². The number of alkyl halides is 6. The standard InChI is InChI=1S/C28H23F6N3O2/c1-2-14-37-22-11-7-6-10-20(22)24(17-8-4-3-5-9-17)36-25(26(37)39)35-23(38)15-18-12-13-19(27(29,30)31)16-21(18)28(32,33)34/h3-13,16,25H,2,14-15H2,1H3,(H,35,38)/t25-/m0/s1. The van der Waals surface area contributed by atoms with E-state index in [1.807, 2.05) is 6.92 Å². The number of benzene rings is 3. The van der Waals surface area contributed by atoms with Gasteiger partial charge in [0.1, 0.15) is 0 Å². The Balaban J connectivity index is 1.71. The molecular formula is C28H23F6N3O2. The van der Waals surface area contributed by atoms with Crippen molar-refractivity contribution in [2.45, 2.75) is 38.3 Å². The SMILES string of the molecule is CCCN1C(=O)[C@@H](NC(=O)Cc2ccc(C(F)(F)F)cc2C(F)(F)F)N=C(c2ccccc2)c2ccccc21. The number of hydrogen-bond donors (Lipinski definition) is 1. The second-order valence-corrected chi connectivity index (χ2v) is 8.87. The summed E-state index contributed by atoms with van der Waals surface area (Å²) in [6, 6.07) is 17.0. The van der Waals surface area contributed by atoms with Crippen LogP contribution in [0.15, 0.2) is 77.8 Å². The predicted octanol–water partition coefficient (Wildman–Crippen LogP) is 6.00. The Bertz CT molecular complexity index is 1400. The summed E-state index contributed by atoms with van der Waals surface area (Å²) in [7, 11) is 0. The molecule has 39 heavy (non-hydrogen) atoms. The number of nitrogens with zero attached hydrogens (tertiary/aromatic N) is 2. The number of fused-ring (bicyclic) bond motifs is 1. The monoisotopic (exact) mass is 547 g/mol. The number of para-hydroxylation sites is 1. The van der Waals surface area contributed by atoms with E-state index in [4.69, 9.17) is 0 Å². The molecule has 0 aliphatic carbocycles. The number of carbonyl (C=O) groups is 2. The van der Waals surface area contributed by atoms with E-state index in [1.165, 1.54) is 4.90 Å². The van der Waals surface area contributed by atoms with E-state index in [1.54, 1.807) is 54.6 Å². The minimum atomic E-state index is -5.13. The molecule has 2 amide bonds. The Labute approximate surface area is 220 Å². The number of carbonyl (C=O) groups excluding carboxylic acids is 2. The normalized spacial score (nSPS) is 15.9. The van der Waals surface area contributed by atoms with Crippen LogP contribution in [-0.2, 0) is 28.4 Å². The number of halogens is 6. The summed E-state index contributed by atoms with van der Waals surface area (Å²) in [5, 5.41) is 2.40. The molecule has 0 bridgehead atoms. The second-order valence-electron chi connectivity index (χ2n) is 8.87. The maximum atomic E-state index is 13.6. The third-order valence-corrected chi connectivity index (χ3v) is 6.09. The van der Waals surface area contributed by atoms with Gasteiger partial charge in [0.25, 0.3) is 5.91 Å². The number of benzodiazepines with no additional fused rings is 1. The van der Waals surface area contributed by atoms with Crippen LogP contribution in [0.1, 0.15) is 41.2 Å². The molecule has 0 aromatic heterocycles. The zero-order valence-corrected chi connectivity index (χ0v) is 20.6. The van der Waals surface area contributed by atoms with Gasteiger partial charge < -0.3 is 10.2 Å². The molecule has 0 fully saturated rings. The van der Waals surface area contributed by atoms with Crippen molar-refractivity contribution in [3.8, 4) is 0 Å². The minimum absolute atomic E-state index is 0.0231. The topological polar surface area (TPSA) is 61.8 Å². The number of aliphatic imine (C=N–C) groups is 1. The van der Waals surface area contributed by atoms with E-state index < -0.39 is 53.4 Å². The average molecular weight is 547 g/mol. The molecule has 5 nitrogen and oxygen atoms in total. The lowest BCUT2D eigenvalue weighted by atomic mass is 10.00. The lowest BCUT2D eigenvalue weighted by Gasteiger charge is -2.25. The molecule has 0 spiro atoms. The predicted molar refractivity (Wildman–Crippen MR) is 133 cm³/mol. The lowest BCUT2D eigenvalue weighted by Crippen LogP contribution is -2.48. The van der Waals surface area contributed by atoms with E-state index >= 15 is 0 Å². The number of rotatable bonds is 6. The Hall–Kier alpha value is -4.15. The van der Waals surface area contributed by atoms with Gasteiger partial charge in [-0.25, -0.2) is 4.99 Å². The summed E-state index contributed by atoms with van der Waals surface area (Å²) in [6.07, 6.45) is -11.9. The molecule has 1 aliphatic rings. The minimum Gasteiger partial charge on any atom is -0.326 e. The van der Waals surface area contributed by atoms with Crippen LogP contribution in [-0.4, -0.2) is 30.2 Å². The van der Waals surface area contributed by atoms with Gasteiger partial charge in [-0.05, 0) is 30.2 Å². The third kappa shape index (κ3) is 6.13. The molecule has 4 rings (SSSR count). The highest BCUT2D eigenvalue weighted by molar-refractivity contribution is 6.20. The molecule has 1 aliphatic heterocycles. The summed E-state index contributed by atoms with van der Waals surface area (Å²) < 4.78 is 79.8. The van der Waals surface area contributed by atoms with Gasteiger partial charge in [0.05, 0.1) is 28.9 Å². The van der Waals surface area contributed by atoms with E-state index in [9.17, 15) is 35.9 Å². The zero-order valence-electron chi connectivity index (χ0n) is 20.6. The Morgan fingerprint density at radius 1 is 0.923 bits per heavy atom. The number of anilines is 1. The largest absolute Gasteiger partial charge is 0.416 e. The quantitative estimate of drug-likeness (QED) is 0.385. The van der Waals surface area contributed by atoms with E-state index in [2.05, 4.69) is 10.3 Å². The molecule has 0 unspecified atom stereocenters. The maximum absolute atomic E-state index is 13.6. The fraction of sp³-hybridized carbons (Fsp3) is 0.250. The molecule has 204 valence electrons. The van der Waals surface area contributed by atoms with Crippen molar-refractivity contribution in [1.82, 2.24) is 5.32 Å². The fourth-order valence-corrected chi connectivity index (χ4v) is 4.35. The first-order valence-electron chi connectivity index (χ1n) is 12.0. The highest BCUT2D eigenvalue weighted by Gasteiger charge is 2.39. The van der Waals surface area contributed by atoms with E-state index in [0.717, 1.165) is 0 Å². The molecule has 0 saturated carbocycles. The van der Waals surface area contributed by atoms with Crippen molar-refractivity contribution in [2.24, 2.45) is 4.99 Å². The molecule has 3 aromatic rings. The van der Waals surface area contributed by atoms with Crippen LogP contribution in [0.3, 0.4) is 0 Å². The zero-order chi connectivity index (χ0) is 28.4. The first kappa shape index (κ1) is 27.9. The van der Waals surface area contributed by atoms with Crippen molar-refractivity contribution in [3.63, 3.8) is 0 Å². The first-order valence-corrected chi connectivity index (χ1v) is 12.0. The van der Waals surface area contributed by atoms with Crippen LogP contribution in [0.5, 0.6) is 0 Å². The summed E-state index contributed by atoms with van der Waals surface area (Å²) in [6.45, 7) is 2.15. The molecule has 1 heterocycles. The smallest absolute Gasteiger partial charge is 0.326 e. The van der Waals surface area contributed by atoms with Crippen LogP contribution in [0.4, 0.5) is 32.0 Å². The van der Waals surface area contributed by atoms with Crippen LogP contribution in [0.25, 0.3) is 0 Å². The third-order valence-electron chi connectivity index (χ3n) is 6.09. The lowest BCUT2D eigenvalue weighted by molar-refractivity contribution is -0.143. The first-order chi connectivity index (χ1) is 18.4. The second kappa shape index (κ2) is 10.9. The van der Waals surface area contributed by atoms with Gasteiger partial charge in [0.2, 0.25) is 12.1 Å². The summed E-state index contributed by atoms with van der Waals surface area (Å²) in [5.41, 5.74) is -1.48. The number of hydrogen-bond acceptors (Lipinski definition) is 3. The highest BCUT2D eigenvalue weighted by Crippen LogP contribution is 2.37. The Kier molecular flexibility index (Phi) is 7.80. The number of amides is 2. The van der Waals surface area contributed by atoms with Gasteiger partial charge in [0.15, 0.2) is 0 Å². The van der Waals surface area contributed by atoms with Crippen LogP contribution < -0.4 is 10.2 Å². The van der Waals surface area contributed by atoms with Crippen LogP contribution >= 0.6 is 0 Å². The van der Waals surface area contributed by atoms with Gasteiger partial charge in [-0.15, -0.1) is 0 Å². The average Bonchev–Trinajstić information content (AvgIpc) is 2.99. The van der Waals surface area contributed by atoms with E-state index in [-0.39, 0.29) is 12.6 Å². The van der Waals surface area contributed by atoms with Gasteiger partial charge in [-0.3, -0.25) is 9.59 Å². The van der Waals surface area contributed by atoms with Crippen molar-refractivity contribution in [2.75, 3.05) is 11.4 Å². The highest BCUT2D eigenvalue weighted by atomic mass is 19.4. The van der Waals surface area contributed by atoms with Crippen LogP contribution in [0.2, 0.25) is 0 Å². The van der Waals surface area contributed by atoms with Gasteiger partial charge in [-0.1, -0.05) is 61.5 Å². The molecule has 1 atom stereocenters. The number of nitrogens with one attached hydrogen (secondary N) is 1. The molecule has 1 N–H and O–H groups in total. The van der Waals surface area contributed by atoms with Crippen molar-refractivity contribution in [1.29, 1.82) is 0 Å².